The van der Waals surface area contributed by atoms with E-state index in [1.165, 1.54) is 18.2 Å². The van der Waals surface area contributed by atoms with E-state index in [2.05, 4.69) is 10.6 Å². The van der Waals surface area contributed by atoms with E-state index in [9.17, 15) is 19.7 Å². The molecule has 2 N–H and O–H groups in total. The highest BCUT2D eigenvalue weighted by Crippen LogP contribution is 2.23. The van der Waals surface area contributed by atoms with Crippen LogP contribution in [0.2, 0.25) is 0 Å². The number of hydrogen-bond acceptors (Lipinski definition) is 4. The first-order valence-corrected chi connectivity index (χ1v) is 7.92. The molecule has 128 valence electrons. The summed E-state index contributed by atoms with van der Waals surface area (Å²) in [6.07, 6.45) is 1.95. The third-order valence-corrected chi connectivity index (χ3v) is 3.99. The van der Waals surface area contributed by atoms with Gasteiger partial charge in [-0.1, -0.05) is 12.1 Å². The lowest BCUT2D eigenvalue weighted by atomic mass is 10.1. The maximum atomic E-state index is 12.4. The van der Waals surface area contributed by atoms with Crippen molar-refractivity contribution in [3.63, 3.8) is 0 Å². The van der Waals surface area contributed by atoms with Gasteiger partial charge >= 0.3 is 0 Å². The van der Waals surface area contributed by atoms with Gasteiger partial charge in [0, 0.05) is 23.2 Å². The highest BCUT2D eigenvalue weighted by Gasteiger charge is 2.25. The first-order chi connectivity index (χ1) is 12.0. The number of benzene rings is 2. The minimum absolute atomic E-state index is 0.0410. The molecule has 7 heteroatoms. The number of aryl methyl sites for hydroxylation is 1. The standard InChI is InChI=1S/C18H17N3O4/c1-11-10-12(6-9-16(11)21(24)25)17(22)20-15-5-3-2-4-14(15)18(23)19-13-7-8-13/h2-6,9-10,13H,7-8H2,1H3,(H,19,23)(H,20,22). The lowest BCUT2D eigenvalue weighted by Gasteiger charge is -2.11. The molecule has 2 aromatic carbocycles. The minimum atomic E-state index is -0.492. The Labute approximate surface area is 144 Å². The molecular formula is C18H17N3O4. The maximum Gasteiger partial charge on any atom is 0.272 e. The first-order valence-electron chi connectivity index (χ1n) is 7.92. The van der Waals surface area contributed by atoms with Crippen LogP contribution in [-0.2, 0) is 0 Å². The summed E-state index contributed by atoms with van der Waals surface area (Å²) in [5, 5.41) is 16.5. The minimum Gasteiger partial charge on any atom is -0.349 e. The van der Waals surface area contributed by atoms with E-state index in [0.29, 0.717) is 22.4 Å². The lowest BCUT2D eigenvalue weighted by molar-refractivity contribution is -0.385. The molecule has 0 spiro atoms. The van der Waals surface area contributed by atoms with E-state index < -0.39 is 10.8 Å². The Balaban J connectivity index is 1.80. The smallest absolute Gasteiger partial charge is 0.272 e. The molecule has 0 radical (unpaired) electrons. The average molecular weight is 339 g/mol. The zero-order valence-corrected chi connectivity index (χ0v) is 13.6. The summed E-state index contributed by atoms with van der Waals surface area (Å²) >= 11 is 0. The zero-order chi connectivity index (χ0) is 18.0. The highest BCUT2D eigenvalue weighted by atomic mass is 16.6. The van der Waals surface area contributed by atoms with Crippen molar-refractivity contribution in [2.75, 3.05) is 5.32 Å². The molecule has 0 heterocycles. The van der Waals surface area contributed by atoms with E-state index in [-0.39, 0.29) is 17.6 Å². The fourth-order valence-corrected chi connectivity index (χ4v) is 2.48. The first kappa shape index (κ1) is 16.6. The number of nitrogens with zero attached hydrogens (tertiary/aromatic N) is 1. The summed E-state index contributed by atoms with van der Waals surface area (Å²) in [5.74, 6) is -0.650. The Bertz CT molecular complexity index is 859. The summed E-state index contributed by atoms with van der Waals surface area (Å²) in [4.78, 5) is 35.1. The molecule has 3 rings (SSSR count). The quantitative estimate of drug-likeness (QED) is 0.645. The number of hydrogen-bond donors (Lipinski definition) is 2. The second-order valence-electron chi connectivity index (χ2n) is 6.01. The number of amides is 2. The van der Waals surface area contributed by atoms with Gasteiger partial charge in [-0.05, 0) is 44.0 Å². The predicted octanol–water partition coefficient (Wildman–Crippen LogP) is 3.05. The van der Waals surface area contributed by atoms with Gasteiger partial charge in [-0.2, -0.15) is 0 Å². The van der Waals surface area contributed by atoms with Crippen LogP contribution in [0.5, 0.6) is 0 Å². The van der Waals surface area contributed by atoms with Crippen molar-refractivity contribution in [1.29, 1.82) is 0 Å². The number of nitro groups is 1. The SMILES string of the molecule is Cc1cc(C(=O)Nc2ccccc2C(=O)NC2CC2)ccc1[N+](=O)[O-]. The second kappa shape index (κ2) is 6.72. The van der Waals surface area contributed by atoms with Crippen LogP contribution in [0.25, 0.3) is 0 Å². The van der Waals surface area contributed by atoms with Crippen LogP contribution in [-0.4, -0.2) is 22.8 Å². The molecule has 7 nitrogen and oxygen atoms in total. The van der Waals surface area contributed by atoms with Gasteiger partial charge in [0.25, 0.3) is 17.5 Å². The fourth-order valence-electron chi connectivity index (χ4n) is 2.48. The van der Waals surface area contributed by atoms with Crippen molar-refractivity contribution in [2.45, 2.75) is 25.8 Å². The average Bonchev–Trinajstić information content (AvgIpc) is 3.38. The van der Waals surface area contributed by atoms with Crippen molar-refractivity contribution < 1.29 is 14.5 Å². The monoisotopic (exact) mass is 339 g/mol. The van der Waals surface area contributed by atoms with Gasteiger partial charge in [-0.15, -0.1) is 0 Å². The Hall–Kier alpha value is -3.22. The van der Waals surface area contributed by atoms with Gasteiger partial charge in [0.15, 0.2) is 0 Å². The Morgan fingerprint density at radius 3 is 2.48 bits per heavy atom. The van der Waals surface area contributed by atoms with Gasteiger partial charge in [0.2, 0.25) is 0 Å². The molecular weight excluding hydrogens is 322 g/mol. The largest absolute Gasteiger partial charge is 0.349 e. The van der Waals surface area contributed by atoms with Crippen LogP contribution in [0, 0.1) is 17.0 Å². The van der Waals surface area contributed by atoms with Crippen LogP contribution in [0.4, 0.5) is 11.4 Å². The molecule has 0 bridgehead atoms. The van der Waals surface area contributed by atoms with Crippen LogP contribution >= 0.6 is 0 Å². The normalized spacial score (nSPS) is 13.2. The molecule has 25 heavy (non-hydrogen) atoms. The number of rotatable bonds is 5. The van der Waals surface area contributed by atoms with E-state index in [0.717, 1.165) is 12.8 Å². The van der Waals surface area contributed by atoms with Crippen LogP contribution in [0.3, 0.4) is 0 Å². The fraction of sp³-hybridized carbons (Fsp3) is 0.222. The summed E-state index contributed by atoms with van der Waals surface area (Å²) in [5.41, 5.74) is 1.45. The van der Waals surface area contributed by atoms with Crippen molar-refractivity contribution in [3.05, 3.63) is 69.3 Å². The van der Waals surface area contributed by atoms with Crippen molar-refractivity contribution in [1.82, 2.24) is 5.32 Å². The molecule has 2 amide bonds. The second-order valence-corrected chi connectivity index (χ2v) is 6.01. The summed E-state index contributed by atoms with van der Waals surface area (Å²) in [6.45, 7) is 1.58. The van der Waals surface area contributed by atoms with Gasteiger partial charge in [0.1, 0.15) is 0 Å². The van der Waals surface area contributed by atoms with Crippen molar-refractivity contribution >= 4 is 23.2 Å². The number of nitrogens with one attached hydrogen (secondary N) is 2. The summed E-state index contributed by atoms with van der Waals surface area (Å²) < 4.78 is 0. The lowest BCUT2D eigenvalue weighted by Crippen LogP contribution is -2.27. The number of carbonyl (C=O) groups excluding carboxylic acids is 2. The Morgan fingerprint density at radius 2 is 1.84 bits per heavy atom. The van der Waals surface area contributed by atoms with Crippen LogP contribution in [0.15, 0.2) is 42.5 Å². The number of carbonyl (C=O) groups is 2. The van der Waals surface area contributed by atoms with E-state index >= 15 is 0 Å². The molecule has 1 aliphatic carbocycles. The van der Waals surface area contributed by atoms with Gasteiger partial charge in [-0.3, -0.25) is 19.7 Å². The molecule has 1 fully saturated rings. The number of nitro benzene ring substituents is 1. The summed E-state index contributed by atoms with van der Waals surface area (Å²) in [7, 11) is 0. The third kappa shape index (κ3) is 3.82. The number of para-hydroxylation sites is 1. The molecule has 0 aromatic heterocycles. The molecule has 0 atom stereocenters. The molecule has 2 aromatic rings. The Morgan fingerprint density at radius 1 is 1.12 bits per heavy atom. The molecule has 1 saturated carbocycles. The number of anilines is 1. The Kier molecular flexibility index (Phi) is 4.47. The van der Waals surface area contributed by atoms with Gasteiger partial charge in [-0.25, -0.2) is 0 Å². The van der Waals surface area contributed by atoms with Gasteiger partial charge in [0.05, 0.1) is 16.2 Å². The third-order valence-electron chi connectivity index (χ3n) is 3.99. The van der Waals surface area contributed by atoms with Crippen LogP contribution in [0.1, 0.15) is 39.1 Å². The highest BCUT2D eigenvalue weighted by molar-refractivity contribution is 6.09. The molecule has 0 saturated heterocycles. The molecule has 0 aliphatic heterocycles. The topological polar surface area (TPSA) is 101 Å². The van der Waals surface area contributed by atoms with E-state index in [1.807, 2.05) is 0 Å². The van der Waals surface area contributed by atoms with Crippen molar-refractivity contribution in [2.24, 2.45) is 0 Å². The predicted molar refractivity (Wildman–Crippen MR) is 92.7 cm³/mol. The van der Waals surface area contributed by atoms with E-state index in [4.69, 9.17) is 0 Å². The van der Waals surface area contributed by atoms with Gasteiger partial charge < -0.3 is 10.6 Å². The maximum absolute atomic E-state index is 12.4. The van der Waals surface area contributed by atoms with Crippen LogP contribution < -0.4 is 10.6 Å². The molecule has 1 aliphatic rings. The molecule has 0 unspecified atom stereocenters. The van der Waals surface area contributed by atoms with E-state index in [1.54, 1.807) is 31.2 Å². The van der Waals surface area contributed by atoms with Crippen molar-refractivity contribution in [3.8, 4) is 0 Å². The summed E-state index contributed by atoms with van der Waals surface area (Å²) in [6, 6.07) is 11.1. The zero-order valence-electron chi connectivity index (χ0n) is 13.6.